The van der Waals surface area contributed by atoms with Gasteiger partial charge in [0.15, 0.2) is 15.5 Å². The number of sulfone groups is 1. The van der Waals surface area contributed by atoms with Crippen LogP contribution < -0.4 is 0 Å². The highest BCUT2D eigenvalue weighted by Crippen LogP contribution is 2.11. The molecular formula is C14H16N4O3S. The van der Waals surface area contributed by atoms with Crippen LogP contribution in [-0.4, -0.2) is 58.8 Å². The van der Waals surface area contributed by atoms with Gasteiger partial charge in [-0.15, -0.1) is 5.10 Å². The maximum atomic E-state index is 12.4. The topological polar surface area (TPSA) is 85.2 Å². The smallest absolute Gasteiger partial charge is 0.276 e. The lowest BCUT2D eigenvalue weighted by atomic mass is 10.3. The van der Waals surface area contributed by atoms with E-state index in [1.807, 2.05) is 30.3 Å². The van der Waals surface area contributed by atoms with Crippen LogP contribution in [0.5, 0.6) is 0 Å². The number of para-hydroxylation sites is 1. The Morgan fingerprint density at radius 1 is 1.09 bits per heavy atom. The molecule has 0 radical (unpaired) electrons. The lowest BCUT2D eigenvalue weighted by Gasteiger charge is -2.17. The quantitative estimate of drug-likeness (QED) is 0.806. The Bertz CT molecular complexity index is 770. The lowest BCUT2D eigenvalue weighted by Crippen LogP contribution is -2.33. The molecule has 116 valence electrons. The SMILES string of the molecule is O=C(c1cn(-c2ccccc2)nn1)N1CCCS(=O)(=O)CC1. The van der Waals surface area contributed by atoms with Crippen LogP contribution in [0.15, 0.2) is 36.5 Å². The van der Waals surface area contributed by atoms with Gasteiger partial charge in [0.1, 0.15) is 0 Å². The van der Waals surface area contributed by atoms with Gasteiger partial charge in [-0.05, 0) is 18.6 Å². The molecule has 1 fully saturated rings. The Morgan fingerprint density at radius 2 is 1.86 bits per heavy atom. The number of aromatic nitrogens is 3. The second-order valence-corrected chi connectivity index (χ2v) is 7.49. The molecule has 0 saturated carbocycles. The molecule has 3 rings (SSSR count). The Labute approximate surface area is 128 Å². The minimum Gasteiger partial charge on any atom is -0.336 e. The standard InChI is InChI=1S/C14H16N4O3S/c19-14(17-7-4-9-22(20,21)10-8-17)13-11-18(16-15-13)12-5-2-1-3-6-12/h1-3,5-6,11H,4,7-10H2. The first-order valence-electron chi connectivity index (χ1n) is 7.03. The van der Waals surface area contributed by atoms with E-state index in [0.29, 0.717) is 13.0 Å². The Hall–Kier alpha value is -2.22. The first-order valence-corrected chi connectivity index (χ1v) is 8.85. The summed E-state index contributed by atoms with van der Waals surface area (Å²) in [5, 5.41) is 7.86. The zero-order valence-electron chi connectivity index (χ0n) is 11.9. The summed E-state index contributed by atoms with van der Waals surface area (Å²) in [5.41, 5.74) is 1.04. The van der Waals surface area contributed by atoms with Crippen molar-refractivity contribution in [3.8, 4) is 5.69 Å². The maximum Gasteiger partial charge on any atom is 0.276 e. The van der Waals surface area contributed by atoms with E-state index in [-0.39, 0.29) is 29.7 Å². The molecule has 2 heterocycles. The zero-order chi connectivity index (χ0) is 15.6. The highest BCUT2D eigenvalue weighted by atomic mass is 32.2. The fourth-order valence-corrected chi connectivity index (χ4v) is 3.64. The number of hydrogen-bond donors (Lipinski definition) is 0. The molecular weight excluding hydrogens is 304 g/mol. The summed E-state index contributed by atoms with van der Waals surface area (Å²) in [6.45, 7) is 0.635. The van der Waals surface area contributed by atoms with Gasteiger partial charge >= 0.3 is 0 Å². The van der Waals surface area contributed by atoms with Crippen molar-refractivity contribution in [1.29, 1.82) is 0 Å². The van der Waals surface area contributed by atoms with Crippen LogP contribution >= 0.6 is 0 Å². The van der Waals surface area contributed by atoms with Crippen LogP contribution in [0.3, 0.4) is 0 Å². The molecule has 0 atom stereocenters. The molecule has 1 amide bonds. The van der Waals surface area contributed by atoms with Gasteiger partial charge in [0, 0.05) is 13.1 Å². The van der Waals surface area contributed by atoms with Gasteiger partial charge in [0.25, 0.3) is 5.91 Å². The molecule has 1 saturated heterocycles. The lowest BCUT2D eigenvalue weighted by molar-refractivity contribution is 0.0762. The fraction of sp³-hybridized carbons (Fsp3) is 0.357. The highest BCUT2D eigenvalue weighted by Gasteiger charge is 2.25. The monoisotopic (exact) mass is 320 g/mol. The normalized spacial score (nSPS) is 17.9. The molecule has 1 aliphatic heterocycles. The largest absolute Gasteiger partial charge is 0.336 e. The van der Waals surface area contributed by atoms with Crippen molar-refractivity contribution in [1.82, 2.24) is 19.9 Å². The molecule has 0 aliphatic carbocycles. The van der Waals surface area contributed by atoms with Crippen LogP contribution in [0.2, 0.25) is 0 Å². The van der Waals surface area contributed by atoms with Crippen molar-refractivity contribution in [3.63, 3.8) is 0 Å². The van der Waals surface area contributed by atoms with E-state index in [1.54, 1.807) is 6.20 Å². The predicted octanol–water partition coefficient (Wildman–Crippen LogP) is 0.528. The van der Waals surface area contributed by atoms with E-state index < -0.39 is 9.84 Å². The van der Waals surface area contributed by atoms with Crippen LogP contribution in [0.1, 0.15) is 16.9 Å². The summed E-state index contributed by atoms with van der Waals surface area (Å²) >= 11 is 0. The zero-order valence-corrected chi connectivity index (χ0v) is 12.7. The van der Waals surface area contributed by atoms with Gasteiger partial charge in [0.05, 0.1) is 23.4 Å². The van der Waals surface area contributed by atoms with Crippen molar-refractivity contribution < 1.29 is 13.2 Å². The number of carbonyl (C=O) groups excluding carboxylic acids is 1. The summed E-state index contributed by atoms with van der Waals surface area (Å²) in [6.07, 6.45) is 2.03. The van der Waals surface area contributed by atoms with Gasteiger partial charge in [-0.2, -0.15) is 0 Å². The van der Waals surface area contributed by atoms with E-state index in [2.05, 4.69) is 10.3 Å². The van der Waals surface area contributed by atoms with Crippen LogP contribution in [0.25, 0.3) is 5.69 Å². The molecule has 7 nitrogen and oxygen atoms in total. The summed E-state index contributed by atoms with van der Waals surface area (Å²) in [5.74, 6) is -0.140. The Kier molecular flexibility index (Phi) is 3.93. The third-order valence-electron chi connectivity index (χ3n) is 3.58. The molecule has 22 heavy (non-hydrogen) atoms. The molecule has 0 unspecified atom stereocenters. The predicted molar refractivity (Wildman–Crippen MR) is 80.5 cm³/mol. The van der Waals surface area contributed by atoms with Crippen LogP contribution in [0, 0.1) is 0 Å². The Balaban J connectivity index is 1.77. The Morgan fingerprint density at radius 3 is 2.64 bits per heavy atom. The number of rotatable bonds is 2. The van der Waals surface area contributed by atoms with E-state index in [9.17, 15) is 13.2 Å². The molecule has 8 heteroatoms. The number of amides is 1. The molecule has 0 bridgehead atoms. The number of benzene rings is 1. The minimum atomic E-state index is -3.04. The van der Waals surface area contributed by atoms with Crippen molar-refractivity contribution in [2.45, 2.75) is 6.42 Å². The van der Waals surface area contributed by atoms with Crippen molar-refractivity contribution in [2.24, 2.45) is 0 Å². The highest BCUT2D eigenvalue weighted by molar-refractivity contribution is 7.91. The van der Waals surface area contributed by atoms with Crippen molar-refractivity contribution >= 4 is 15.7 Å². The average Bonchev–Trinajstić information content (AvgIpc) is 2.93. The first-order chi connectivity index (χ1) is 10.6. The summed E-state index contributed by atoms with van der Waals surface area (Å²) in [7, 11) is -3.04. The van der Waals surface area contributed by atoms with Gasteiger partial charge in [-0.1, -0.05) is 23.4 Å². The van der Waals surface area contributed by atoms with Crippen molar-refractivity contribution in [3.05, 3.63) is 42.2 Å². The van der Waals surface area contributed by atoms with Gasteiger partial charge in [-0.25, -0.2) is 13.1 Å². The molecule has 1 aliphatic rings. The van der Waals surface area contributed by atoms with Gasteiger partial charge < -0.3 is 4.90 Å². The van der Waals surface area contributed by atoms with Crippen molar-refractivity contribution in [2.75, 3.05) is 24.6 Å². The summed E-state index contributed by atoms with van der Waals surface area (Å²) in [4.78, 5) is 14.0. The van der Waals surface area contributed by atoms with E-state index >= 15 is 0 Å². The second kappa shape index (κ2) is 5.88. The van der Waals surface area contributed by atoms with E-state index in [4.69, 9.17) is 0 Å². The van der Waals surface area contributed by atoms with Gasteiger partial charge in [0.2, 0.25) is 0 Å². The second-order valence-electron chi connectivity index (χ2n) is 5.18. The van der Waals surface area contributed by atoms with Crippen LogP contribution in [-0.2, 0) is 9.84 Å². The fourth-order valence-electron chi connectivity index (χ4n) is 2.37. The summed E-state index contributed by atoms with van der Waals surface area (Å²) in [6, 6.07) is 9.36. The third kappa shape index (κ3) is 3.16. The van der Waals surface area contributed by atoms with E-state index in [1.165, 1.54) is 9.58 Å². The third-order valence-corrected chi connectivity index (χ3v) is 5.29. The van der Waals surface area contributed by atoms with E-state index in [0.717, 1.165) is 5.69 Å². The number of nitrogens with zero attached hydrogens (tertiary/aromatic N) is 4. The number of hydrogen-bond acceptors (Lipinski definition) is 5. The maximum absolute atomic E-state index is 12.4. The molecule has 0 N–H and O–H groups in total. The first kappa shape index (κ1) is 14.7. The van der Waals surface area contributed by atoms with Gasteiger partial charge in [-0.3, -0.25) is 4.79 Å². The summed E-state index contributed by atoms with van der Waals surface area (Å²) < 4.78 is 24.7. The molecule has 2 aromatic rings. The van der Waals surface area contributed by atoms with Crippen LogP contribution in [0.4, 0.5) is 0 Å². The molecule has 1 aromatic heterocycles. The molecule has 1 aromatic carbocycles. The average molecular weight is 320 g/mol. The number of carbonyl (C=O) groups is 1. The minimum absolute atomic E-state index is 0.00552. The molecule has 0 spiro atoms.